The molecule has 0 aliphatic heterocycles. The topological polar surface area (TPSA) is 44.1 Å². The first kappa shape index (κ1) is 10.4. The highest BCUT2D eigenvalue weighted by Gasteiger charge is 2.05. The Morgan fingerprint density at radius 2 is 2.19 bits per heavy atom. The van der Waals surface area contributed by atoms with Crippen LogP contribution in [-0.2, 0) is 4.74 Å². The number of nitrogens with zero attached hydrogens (tertiary/aromatic N) is 2. The van der Waals surface area contributed by atoms with Gasteiger partial charge in [-0.15, -0.1) is 0 Å². The Hall–Kier alpha value is -2.10. The Labute approximate surface area is 93.5 Å². The molecule has 1 aromatic heterocycles. The molecule has 0 aliphatic rings. The lowest BCUT2D eigenvalue weighted by Gasteiger charge is -2.03. The molecule has 0 amide bonds. The van der Waals surface area contributed by atoms with Crippen LogP contribution in [0, 0.1) is 6.20 Å². The number of carbonyl (C=O) groups excluding carboxylic acids is 1. The Morgan fingerprint density at radius 3 is 2.75 bits per heavy atom. The van der Waals surface area contributed by atoms with Gasteiger partial charge in [-0.2, -0.15) is 5.10 Å². The lowest BCUT2D eigenvalue weighted by molar-refractivity contribution is 0.0526. The van der Waals surface area contributed by atoms with E-state index in [-0.39, 0.29) is 5.97 Å². The molecule has 2 rings (SSSR count). The van der Waals surface area contributed by atoms with Crippen LogP contribution in [0.5, 0.6) is 0 Å². The molecule has 81 valence electrons. The normalized spacial score (nSPS) is 10.1. The second-order valence-corrected chi connectivity index (χ2v) is 3.14. The molecule has 0 fully saturated rings. The smallest absolute Gasteiger partial charge is 0.338 e. The summed E-state index contributed by atoms with van der Waals surface area (Å²) in [5, 5.41) is 4.04. The molecule has 2 aromatic rings. The highest BCUT2D eigenvalue weighted by atomic mass is 16.5. The number of aromatic nitrogens is 2. The molecule has 0 saturated heterocycles. The number of esters is 1. The Bertz CT molecular complexity index is 460. The van der Waals surface area contributed by atoms with Crippen molar-refractivity contribution in [2.75, 3.05) is 6.61 Å². The van der Waals surface area contributed by atoms with Crippen molar-refractivity contribution in [3.05, 3.63) is 48.3 Å². The molecule has 0 spiro atoms. The monoisotopic (exact) mass is 215 g/mol. The minimum Gasteiger partial charge on any atom is -0.462 e. The van der Waals surface area contributed by atoms with E-state index < -0.39 is 0 Å². The van der Waals surface area contributed by atoms with Crippen LogP contribution in [0.25, 0.3) is 5.69 Å². The van der Waals surface area contributed by atoms with Crippen LogP contribution in [0.1, 0.15) is 17.3 Å². The van der Waals surface area contributed by atoms with Crippen LogP contribution < -0.4 is 0 Å². The minimum absolute atomic E-state index is 0.307. The summed E-state index contributed by atoms with van der Waals surface area (Å²) in [5.74, 6) is -0.307. The van der Waals surface area contributed by atoms with Gasteiger partial charge in [0.15, 0.2) is 0 Å². The molecule has 0 saturated carbocycles. The number of hydrogen-bond acceptors (Lipinski definition) is 3. The predicted molar refractivity (Wildman–Crippen MR) is 58.4 cm³/mol. The van der Waals surface area contributed by atoms with Crippen molar-refractivity contribution in [3.63, 3.8) is 0 Å². The van der Waals surface area contributed by atoms with E-state index >= 15 is 0 Å². The van der Waals surface area contributed by atoms with Crippen LogP contribution in [0.2, 0.25) is 0 Å². The predicted octanol–water partition coefficient (Wildman–Crippen LogP) is 1.85. The summed E-state index contributed by atoms with van der Waals surface area (Å²) in [5.41, 5.74) is 1.40. The number of hydrogen-bond donors (Lipinski definition) is 0. The Kier molecular flexibility index (Phi) is 3.00. The van der Waals surface area contributed by atoms with Crippen molar-refractivity contribution in [2.24, 2.45) is 0 Å². The molecule has 1 heterocycles. The lowest BCUT2D eigenvalue weighted by atomic mass is 10.2. The van der Waals surface area contributed by atoms with E-state index in [1.807, 2.05) is 0 Å². The van der Waals surface area contributed by atoms with Crippen molar-refractivity contribution in [1.82, 2.24) is 9.78 Å². The molecule has 1 aromatic carbocycles. The van der Waals surface area contributed by atoms with Gasteiger partial charge in [0.2, 0.25) is 0 Å². The van der Waals surface area contributed by atoms with Gasteiger partial charge in [-0.3, -0.25) is 0 Å². The number of carbonyl (C=O) groups is 1. The van der Waals surface area contributed by atoms with Crippen molar-refractivity contribution in [3.8, 4) is 5.69 Å². The van der Waals surface area contributed by atoms with Gasteiger partial charge in [0.05, 0.1) is 30.3 Å². The summed E-state index contributed by atoms with van der Waals surface area (Å²) >= 11 is 0. The highest BCUT2D eigenvalue weighted by Crippen LogP contribution is 2.09. The zero-order chi connectivity index (χ0) is 11.4. The van der Waals surface area contributed by atoms with E-state index in [0.717, 1.165) is 5.69 Å². The fourth-order valence-electron chi connectivity index (χ4n) is 1.33. The molecule has 0 bridgehead atoms. The molecule has 16 heavy (non-hydrogen) atoms. The first-order valence-corrected chi connectivity index (χ1v) is 5.00. The number of benzene rings is 1. The summed E-state index contributed by atoms with van der Waals surface area (Å²) in [6.07, 6.45) is 4.57. The molecule has 0 aliphatic carbocycles. The molecule has 0 atom stereocenters. The first-order valence-electron chi connectivity index (χ1n) is 5.00. The fraction of sp³-hybridized carbons (Fsp3) is 0.167. The van der Waals surface area contributed by atoms with Crippen molar-refractivity contribution < 1.29 is 9.53 Å². The number of rotatable bonds is 3. The number of ether oxygens (including phenoxy) is 1. The van der Waals surface area contributed by atoms with Gasteiger partial charge in [0.25, 0.3) is 0 Å². The van der Waals surface area contributed by atoms with Crippen molar-refractivity contribution >= 4 is 5.97 Å². The molecule has 0 unspecified atom stereocenters. The third kappa shape index (κ3) is 2.11. The standard InChI is InChI=1S/C12H11N2O2/c1-2-16-12(15)10-4-6-11(7-5-10)14-9-3-8-13-14/h3-8H,2H2,1H3. The summed E-state index contributed by atoms with van der Waals surface area (Å²) in [6.45, 7) is 2.17. The van der Waals surface area contributed by atoms with Crippen molar-refractivity contribution in [2.45, 2.75) is 6.92 Å². The maximum atomic E-state index is 11.4. The van der Waals surface area contributed by atoms with E-state index in [1.54, 1.807) is 48.1 Å². The minimum atomic E-state index is -0.307. The molecular weight excluding hydrogens is 204 g/mol. The lowest BCUT2D eigenvalue weighted by Crippen LogP contribution is -2.04. The third-order valence-electron chi connectivity index (χ3n) is 2.08. The van der Waals surface area contributed by atoms with Crippen LogP contribution >= 0.6 is 0 Å². The third-order valence-corrected chi connectivity index (χ3v) is 2.08. The van der Waals surface area contributed by atoms with Gasteiger partial charge in [0.1, 0.15) is 0 Å². The Balaban J connectivity index is 2.20. The fourth-order valence-corrected chi connectivity index (χ4v) is 1.33. The summed E-state index contributed by atoms with van der Waals surface area (Å²) in [6, 6.07) is 8.75. The molecule has 0 N–H and O–H groups in total. The molecule has 1 radical (unpaired) electrons. The van der Waals surface area contributed by atoms with E-state index in [2.05, 4.69) is 11.3 Å². The second kappa shape index (κ2) is 4.61. The summed E-state index contributed by atoms with van der Waals surface area (Å²) in [4.78, 5) is 11.4. The van der Waals surface area contributed by atoms with Gasteiger partial charge in [0, 0.05) is 0 Å². The van der Waals surface area contributed by atoms with E-state index in [1.165, 1.54) is 0 Å². The highest BCUT2D eigenvalue weighted by molar-refractivity contribution is 5.89. The van der Waals surface area contributed by atoms with E-state index in [4.69, 9.17) is 4.74 Å². The molecular formula is C12H11N2O2. The Morgan fingerprint density at radius 1 is 1.44 bits per heavy atom. The first-order chi connectivity index (χ1) is 7.81. The quantitative estimate of drug-likeness (QED) is 0.734. The van der Waals surface area contributed by atoms with Crippen LogP contribution in [0.3, 0.4) is 0 Å². The van der Waals surface area contributed by atoms with Crippen molar-refractivity contribution in [1.29, 1.82) is 0 Å². The van der Waals surface area contributed by atoms with Gasteiger partial charge in [-0.05, 0) is 37.3 Å². The van der Waals surface area contributed by atoms with Gasteiger partial charge in [-0.25, -0.2) is 9.48 Å². The zero-order valence-electron chi connectivity index (χ0n) is 8.88. The maximum absolute atomic E-state index is 11.4. The van der Waals surface area contributed by atoms with Gasteiger partial charge >= 0.3 is 5.97 Å². The van der Waals surface area contributed by atoms with Gasteiger partial charge in [-0.1, -0.05) is 0 Å². The van der Waals surface area contributed by atoms with Crippen LogP contribution in [-0.4, -0.2) is 22.4 Å². The van der Waals surface area contributed by atoms with Crippen LogP contribution in [0.4, 0.5) is 0 Å². The average molecular weight is 215 g/mol. The van der Waals surface area contributed by atoms with Crippen LogP contribution in [0.15, 0.2) is 36.5 Å². The zero-order valence-corrected chi connectivity index (χ0v) is 8.88. The van der Waals surface area contributed by atoms with E-state index in [0.29, 0.717) is 12.2 Å². The summed E-state index contributed by atoms with van der Waals surface area (Å²) in [7, 11) is 0. The SMILES string of the molecule is CCOC(=O)c1ccc(-n2[c]ccn2)cc1. The average Bonchev–Trinajstić information content (AvgIpc) is 2.83. The maximum Gasteiger partial charge on any atom is 0.338 e. The second-order valence-electron chi connectivity index (χ2n) is 3.14. The molecule has 4 heteroatoms. The van der Waals surface area contributed by atoms with Gasteiger partial charge < -0.3 is 4.74 Å². The largest absolute Gasteiger partial charge is 0.462 e. The summed E-state index contributed by atoms with van der Waals surface area (Å²) < 4.78 is 6.50. The molecule has 4 nitrogen and oxygen atoms in total. The van der Waals surface area contributed by atoms with E-state index in [9.17, 15) is 4.79 Å².